The second-order valence-corrected chi connectivity index (χ2v) is 4.29. The van der Waals surface area contributed by atoms with Crippen LogP contribution in [0.4, 0.5) is 0 Å². The Morgan fingerprint density at radius 2 is 2.18 bits per heavy atom. The summed E-state index contributed by atoms with van der Waals surface area (Å²) in [4.78, 5) is 11.1. The molecule has 0 heterocycles. The van der Waals surface area contributed by atoms with Crippen LogP contribution >= 0.6 is 0 Å². The maximum absolute atomic E-state index is 11.1. The number of ether oxygens (including phenoxy) is 1. The molecule has 0 fully saturated rings. The molecule has 0 aliphatic rings. The molecule has 0 spiro atoms. The number of rotatable bonds is 5. The molecule has 0 atom stereocenters. The highest BCUT2D eigenvalue weighted by Gasteiger charge is 2.08. The minimum Gasteiger partial charge on any atom is -0.496 e. The van der Waals surface area contributed by atoms with Crippen LogP contribution in [-0.4, -0.2) is 13.0 Å². The van der Waals surface area contributed by atoms with Gasteiger partial charge in [0.1, 0.15) is 5.75 Å². The predicted molar refractivity (Wildman–Crippen MR) is 67.7 cm³/mol. The molecule has 0 aliphatic carbocycles. The fourth-order valence-electron chi connectivity index (χ4n) is 1.67. The molecule has 1 aromatic rings. The Kier molecular flexibility index (Phi) is 4.97. The lowest BCUT2D eigenvalue weighted by Gasteiger charge is -2.12. The van der Waals surface area contributed by atoms with Crippen LogP contribution in [0.15, 0.2) is 18.2 Å². The summed E-state index contributed by atoms with van der Waals surface area (Å²) < 4.78 is 5.28. The van der Waals surface area contributed by atoms with E-state index in [1.54, 1.807) is 7.11 Å². The molecule has 0 aliphatic heterocycles. The number of benzene rings is 1. The summed E-state index contributed by atoms with van der Waals surface area (Å²) in [6.45, 7) is 4.27. The van der Waals surface area contributed by atoms with Crippen LogP contribution in [0.3, 0.4) is 0 Å². The van der Waals surface area contributed by atoms with Crippen molar-refractivity contribution in [3.63, 3.8) is 0 Å². The van der Waals surface area contributed by atoms with Gasteiger partial charge in [-0.2, -0.15) is 0 Å². The van der Waals surface area contributed by atoms with Crippen molar-refractivity contribution in [2.45, 2.75) is 32.6 Å². The van der Waals surface area contributed by atoms with Crippen molar-refractivity contribution in [2.24, 2.45) is 5.84 Å². The van der Waals surface area contributed by atoms with Gasteiger partial charge < -0.3 is 4.74 Å². The molecule has 1 rings (SSSR count). The fraction of sp³-hybridized carbons (Fsp3) is 0.462. The van der Waals surface area contributed by atoms with E-state index in [2.05, 4.69) is 31.4 Å². The second-order valence-electron chi connectivity index (χ2n) is 4.29. The van der Waals surface area contributed by atoms with Gasteiger partial charge in [0.05, 0.1) is 7.11 Å². The van der Waals surface area contributed by atoms with Gasteiger partial charge in [0.15, 0.2) is 0 Å². The average molecular weight is 236 g/mol. The van der Waals surface area contributed by atoms with Gasteiger partial charge >= 0.3 is 0 Å². The summed E-state index contributed by atoms with van der Waals surface area (Å²) in [5, 5.41) is 0. The van der Waals surface area contributed by atoms with Gasteiger partial charge in [-0.05, 0) is 29.5 Å². The number of aryl methyl sites for hydroxylation is 1. The van der Waals surface area contributed by atoms with E-state index >= 15 is 0 Å². The highest BCUT2D eigenvalue weighted by Crippen LogP contribution is 2.25. The van der Waals surface area contributed by atoms with Crippen LogP contribution in [-0.2, 0) is 11.2 Å². The Morgan fingerprint density at radius 3 is 2.71 bits per heavy atom. The molecule has 0 radical (unpaired) electrons. The van der Waals surface area contributed by atoms with E-state index in [9.17, 15) is 4.79 Å². The minimum atomic E-state index is -0.165. The SMILES string of the molecule is COc1ccc(C(C)C)cc1CCC(=O)NN. The van der Waals surface area contributed by atoms with E-state index in [-0.39, 0.29) is 5.91 Å². The first-order valence-corrected chi connectivity index (χ1v) is 5.74. The number of nitrogens with one attached hydrogen (secondary N) is 1. The topological polar surface area (TPSA) is 64.3 Å². The smallest absolute Gasteiger partial charge is 0.234 e. The van der Waals surface area contributed by atoms with Crippen molar-refractivity contribution in [2.75, 3.05) is 7.11 Å². The lowest BCUT2D eigenvalue weighted by Crippen LogP contribution is -2.30. The number of hydrogen-bond donors (Lipinski definition) is 2. The van der Waals surface area contributed by atoms with E-state index in [0.717, 1.165) is 11.3 Å². The lowest BCUT2D eigenvalue weighted by atomic mass is 9.98. The molecule has 1 amide bonds. The van der Waals surface area contributed by atoms with Crippen LogP contribution in [0.25, 0.3) is 0 Å². The number of carbonyl (C=O) groups excluding carboxylic acids is 1. The van der Waals surface area contributed by atoms with E-state index in [1.165, 1.54) is 5.56 Å². The van der Waals surface area contributed by atoms with Crippen molar-refractivity contribution in [3.05, 3.63) is 29.3 Å². The largest absolute Gasteiger partial charge is 0.496 e. The average Bonchev–Trinajstić information content (AvgIpc) is 2.35. The summed E-state index contributed by atoms with van der Waals surface area (Å²) in [5.74, 6) is 6.17. The molecule has 0 saturated carbocycles. The number of hydrogen-bond acceptors (Lipinski definition) is 3. The first kappa shape index (κ1) is 13.5. The molecule has 17 heavy (non-hydrogen) atoms. The molecule has 94 valence electrons. The van der Waals surface area contributed by atoms with E-state index < -0.39 is 0 Å². The Bertz CT molecular complexity index is 389. The monoisotopic (exact) mass is 236 g/mol. The van der Waals surface area contributed by atoms with Crippen molar-refractivity contribution in [1.29, 1.82) is 0 Å². The number of hydrazine groups is 1. The maximum atomic E-state index is 11.1. The zero-order valence-electron chi connectivity index (χ0n) is 10.6. The van der Waals surface area contributed by atoms with Crippen molar-refractivity contribution in [1.82, 2.24) is 5.43 Å². The van der Waals surface area contributed by atoms with Gasteiger partial charge in [-0.25, -0.2) is 5.84 Å². The molecule has 4 nitrogen and oxygen atoms in total. The zero-order chi connectivity index (χ0) is 12.8. The Morgan fingerprint density at radius 1 is 1.47 bits per heavy atom. The minimum absolute atomic E-state index is 0.165. The summed E-state index contributed by atoms with van der Waals surface area (Å²) in [6, 6.07) is 6.09. The molecule has 3 N–H and O–H groups in total. The number of carbonyl (C=O) groups is 1. The van der Waals surface area contributed by atoms with E-state index in [4.69, 9.17) is 10.6 Å². The third kappa shape index (κ3) is 3.75. The van der Waals surface area contributed by atoms with Gasteiger partial charge in [-0.3, -0.25) is 10.2 Å². The van der Waals surface area contributed by atoms with Crippen LogP contribution in [0.5, 0.6) is 5.75 Å². The van der Waals surface area contributed by atoms with Crippen molar-refractivity contribution >= 4 is 5.91 Å². The summed E-state index contributed by atoms with van der Waals surface area (Å²) >= 11 is 0. The fourth-order valence-corrected chi connectivity index (χ4v) is 1.67. The van der Waals surface area contributed by atoms with Crippen LogP contribution in [0, 0.1) is 0 Å². The zero-order valence-corrected chi connectivity index (χ0v) is 10.6. The molecular weight excluding hydrogens is 216 g/mol. The maximum Gasteiger partial charge on any atom is 0.234 e. The molecule has 0 bridgehead atoms. The van der Waals surface area contributed by atoms with Gasteiger partial charge in [0, 0.05) is 6.42 Å². The Labute approximate surface area is 102 Å². The molecule has 4 heteroatoms. The molecule has 0 aromatic heterocycles. The van der Waals surface area contributed by atoms with Crippen LogP contribution in [0.1, 0.15) is 37.3 Å². The van der Waals surface area contributed by atoms with Gasteiger partial charge in [-0.1, -0.05) is 26.0 Å². The highest BCUT2D eigenvalue weighted by atomic mass is 16.5. The molecule has 0 saturated heterocycles. The Hall–Kier alpha value is -1.55. The number of amides is 1. The first-order chi connectivity index (χ1) is 8.08. The number of methoxy groups -OCH3 is 1. The van der Waals surface area contributed by atoms with Gasteiger partial charge in [-0.15, -0.1) is 0 Å². The summed E-state index contributed by atoms with van der Waals surface area (Å²) in [6.07, 6.45) is 1.00. The third-order valence-corrected chi connectivity index (χ3v) is 2.75. The first-order valence-electron chi connectivity index (χ1n) is 5.74. The van der Waals surface area contributed by atoms with Crippen molar-refractivity contribution in [3.8, 4) is 5.75 Å². The van der Waals surface area contributed by atoms with Gasteiger partial charge in [0.25, 0.3) is 0 Å². The molecule has 0 unspecified atom stereocenters. The molecular formula is C13H20N2O2. The highest BCUT2D eigenvalue weighted by molar-refractivity contribution is 5.75. The Balaban J connectivity index is 2.86. The quantitative estimate of drug-likeness (QED) is 0.465. The lowest BCUT2D eigenvalue weighted by molar-refractivity contribution is -0.121. The van der Waals surface area contributed by atoms with E-state index in [1.807, 2.05) is 6.07 Å². The number of nitrogens with two attached hydrogens (primary N) is 1. The standard InChI is InChI=1S/C13H20N2O2/c1-9(2)10-4-6-12(17-3)11(8-10)5-7-13(16)15-14/h4,6,8-9H,5,7,14H2,1-3H3,(H,15,16). The normalized spacial score (nSPS) is 10.4. The summed E-state index contributed by atoms with van der Waals surface area (Å²) in [7, 11) is 1.64. The van der Waals surface area contributed by atoms with Crippen LogP contribution in [0.2, 0.25) is 0 Å². The predicted octanol–water partition coefficient (Wildman–Crippen LogP) is 1.74. The van der Waals surface area contributed by atoms with Crippen molar-refractivity contribution < 1.29 is 9.53 Å². The van der Waals surface area contributed by atoms with Gasteiger partial charge in [0.2, 0.25) is 5.91 Å². The third-order valence-electron chi connectivity index (χ3n) is 2.75. The molecule has 1 aromatic carbocycles. The van der Waals surface area contributed by atoms with Crippen LogP contribution < -0.4 is 16.0 Å². The summed E-state index contributed by atoms with van der Waals surface area (Å²) in [5.41, 5.74) is 4.42. The second kappa shape index (κ2) is 6.25. The van der Waals surface area contributed by atoms with E-state index in [0.29, 0.717) is 18.8 Å².